The number of amidine groups is 1. The van der Waals surface area contributed by atoms with Gasteiger partial charge in [0.25, 0.3) is 0 Å². The van der Waals surface area contributed by atoms with Gasteiger partial charge in [-0.2, -0.15) is 0 Å². The number of hydrogen-bond acceptors (Lipinski definition) is 4. The second-order valence-corrected chi connectivity index (χ2v) is 4.71. The first-order chi connectivity index (χ1) is 10.7. The van der Waals surface area contributed by atoms with Gasteiger partial charge in [-0.3, -0.25) is 4.79 Å². The summed E-state index contributed by atoms with van der Waals surface area (Å²) in [4.78, 5) is 17.2. The van der Waals surface area contributed by atoms with E-state index in [1.807, 2.05) is 12.1 Å². The van der Waals surface area contributed by atoms with Crippen LogP contribution in [0.5, 0.6) is 0 Å². The molecule has 110 valence electrons. The van der Waals surface area contributed by atoms with Gasteiger partial charge >= 0.3 is 0 Å². The summed E-state index contributed by atoms with van der Waals surface area (Å²) in [5, 5.41) is 4.23. The van der Waals surface area contributed by atoms with E-state index in [2.05, 4.69) is 9.99 Å². The van der Waals surface area contributed by atoms with E-state index in [0.717, 1.165) is 11.1 Å². The fourth-order valence-corrected chi connectivity index (χ4v) is 2.25. The minimum Gasteiger partial charge on any atom is -0.463 e. The second kappa shape index (κ2) is 5.73. The normalized spacial score (nSPS) is 11.6. The van der Waals surface area contributed by atoms with Gasteiger partial charge in [0.1, 0.15) is 19.0 Å². The molecule has 3 rings (SSSR count). The van der Waals surface area contributed by atoms with Crippen molar-refractivity contribution in [3.8, 4) is 11.1 Å². The van der Waals surface area contributed by atoms with Crippen molar-refractivity contribution in [3.63, 3.8) is 0 Å². The Hall–Kier alpha value is -3.08. The van der Waals surface area contributed by atoms with Crippen molar-refractivity contribution in [2.24, 2.45) is 10.9 Å². The number of nitrogens with zero attached hydrogens (tertiary/aromatic N) is 1. The van der Waals surface area contributed by atoms with E-state index < -0.39 is 0 Å². The fourth-order valence-electron chi connectivity index (χ4n) is 2.25. The zero-order valence-corrected chi connectivity index (χ0v) is 11.9. The Kier molecular flexibility index (Phi) is 3.62. The summed E-state index contributed by atoms with van der Waals surface area (Å²) in [6.07, 6.45) is 1.48. The number of para-hydroxylation sites is 1. The lowest BCUT2D eigenvalue weighted by molar-refractivity contribution is 0.213. The maximum atomic E-state index is 12.5. The molecular weight excluding hydrogens is 280 g/mol. The lowest BCUT2D eigenvalue weighted by atomic mass is 10.0. The molecule has 5 heteroatoms. The molecule has 22 heavy (non-hydrogen) atoms. The summed E-state index contributed by atoms with van der Waals surface area (Å²) in [6.45, 7) is 0. The Morgan fingerprint density at radius 3 is 2.59 bits per heavy atom. The first-order valence-electron chi connectivity index (χ1n) is 6.68. The van der Waals surface area contributed by atoms with Crippen LogP contribution in [0.25, 0.3) is 22.1 Å². The quantitative estimate of drug-likeness (QED) is 0.457. The third-order valence-electron chi connectivity index (χ3n) is 3.36. The van der Waals surface area contributed by atoms with Crippen molar-refractivity contribution in [2.45, 2.75) is 0 Å². The third-order valence-corrected chi connectivity index (χ3v) is 3.36. The van der Waals surface area contributed by atoms with Gasteiger partial charge in [0.2, 0.25) is 0 Å². The van der Waals surface area contributed by atoms with Gasteiger partial charge < -0.3 is 15.0 Å². The van der Waals surface area contributed by atoms with Gasteiger partial charge in [-0.25, -0.2) is 0 Å². The Labute approximate surface area is 126 Å². The highest BCUT2D eigenvalue weighted by Crippen LogP contribution is 2.20. The molecule has 0 aliphatic rings. The van der Waals surface area contributed by atoms with Crippen LogP contribution in [0, 0.1) is 0 Å². The molecular formula is C17H14N2O3. The predicted octanol–water partition coefficient (Wildman–Crippen LogP) is 2.73. The predicted molar refractivity (Wildman–Crippen MR) is 85.7 cm³/mol. The SMILES string of the molecule is CO/N=C(\N)c1ccc(-c2coc3ccccc3c2=O)cc1. The molecule has 0 fully saturated rings. The lowest BCUT2D eigenvalue weighted by Crippen LogP contribution is -2.13. The zero-order chi connectivity index (χ0) is 15.5. The monoisotopic (exact) mass is 294 g/mol. The van der Waals surface area contributed by atoms with Crippen LogP contribution in [0.3, 0.4) is 0 Å². The number of benzene rings is 2. The number of rotatable bonds is 3. The molecule has 0 saturated heterocycles. The van der Waals surface area contributed by atoms with E-state index in [0.29, 0.717) is 16.5 Å². The number of hydrogen-bond donors (Lipinski definition) is 1. The number of nitrogens with two attached hydrogens (primary N) is 1. The van der Waals surface area contributed by atoms with E-state index in [1.165, 1.54) is 13.4 Å². The Balaban J connectivity index is 2.07. The summed E-state index contributed by atoms with van der Waals surface area (Å²) >= 11 is 0. The molecule has 1 heterocycles. The van der Waals surface area contributed by atoms with Crippen LogP contribution in [0.2, 0.25) is 0 Å². The maximum Gasteiger partial charge on any atom is 0.200 e. The highest BCUT2D eigenvalue weighted by atomic mass is 16.6. The van der Waals surface area contributed by atoms with E-state index >= 15 is 0 Å². The van der Waals surface area contributed by atoms with Crippen LogP contribution < -0.4 is 11.2 Å². The molecule has 0 radical (unpaired) electrons. The number of oxime groups is 1. The van der Waals surface area contributed by atoms with E-state index in [-0.39, 0.29) is 11.3 Å². The molecule has 1 aromatic heterocycles. The van der Waals surface area contributed by atoms with E-state index in [1.54, 1.807) is 36.4 Å². The Morgan fingerprint density at radius 2 is 1.86 bits per heavy atom. The zero-order valence-electron chi connectivity index (χ0n) is 11.9. The van der Waals surface area contributed by atoms with Crippen LogP contribution in [-0.4, -0.2) is 12.9 Å². The summed E-state index contributed by atoms with van der Waals surface area (Å²) in [5.74, 6) is 0.277. The summed E-state index contributed by atoms with van der Waals surface area (Å²) < 4.78 is 5.53. The third kappa shape index (κ3) is 2.44. The lowest BCUT2D eigenvalue weighted by Gasteiger charge is -2.04. The largest absolute Gasteiger partial charge is 0.463 e. The standard InChI is InChI=1S/C17H14N2O3/c1-21-19-17(18)12-8-6-11(7-9-12)14-10-22-15-5-3-2-4-13(15)16(14)20/h2-10H,1H3,(H2,18,19). The molecule has 0 unspecified atom stereocenters. The van der Waals surface area contributed by atoms with Crippen molar-refractivity contribution in [3.05, 3.63) is 70.6 Å². The smallest absolute Gasteiger partial charge is 0.200 e. The Bertz CT molecular complexity index is 896. The fraction of sp³-hybridized carbons (Fsp3) is 0.0588. The average molecular weight is 294 g/mol. The first kappa shape index (κ1) is 13.9. The van der Waals surface area contributed by atoms with Crippen LogP contribution in [-0.2, 0) is 4.84 Å². The Morgan fingerprint density at radius 1 is 1.14 bits per heavy atom. The molecule has 0 amide bonds. The molecule has 0 aliphatic heterocycles. The molecule has 0 bridgehead atoms. The van der Waals surface area contributed by atoms with Gasteiger partial charge in [-0.05, 0) is 17.7 Å². The van der Waals surface area contributed by atoms with Gasteiger partial charge in [0.15, 0.2) is 11.3 Å². The minimum absolute atomic E-state index is 0.0619. The molecule has 0 saturated carbocycles. The molecule has 0 atom stereocenters. The summed E-state index contributed by atoms with van der Waals surface area (Å²) in [7, 11) is 1.43. The van der Waals surface area contributed by atoms with Crippen LogP contribution in [0.4, 0.5) is 0 Å². The maximum absolute atomic E-state index is 12.5. The van der Waals surface area contributed by atoms with Crippen molar-refractivity contribution in [2.75, 3.05) is 7.11 Å². The molecule has 0 aliphatic carbocycles. The van der Waals surface area contributed by atoms with Gasteiger partial charge in [0.05, 0.1) is 10.9 Å². The van der Waals surface area contributed by atoms with E-state index in [4.69, 9.17) is 10.2 Å². The van der Waals surface area contributed by atoms with Crippen LogP contribution >= 0.6 is 0 Å². The highest BCUT2D eigenvalue weighted by Gasteiger charge is 2.09. The van der Waals surface area contributed by atoms with Gasteiger partial charge in [-0.1, -0.05) is 41.6 Å². The second-order valence-electron chi connectivity index (χ2n) is 4.71. The molecule has 5 nitrogen and oxygen atoms in total. The molecule has 2 aromatic carbocycles. The number of fused-ring (bicyclic) bond motifs is 1. The van der Waals surface area contributed by atoms with Gasteiger partial charge in [0, 0.05) is 5.56 Å². The highest BCUT2D eigenvalue weighted by molar-refractivity contribution is 5.97. The molecule has 2 N–H and O–H groups in total. The van der Waals surface area contributed by atoms with Crippen LogP contribution in [0.15, 0.2) is 69.2 Å². The van der Waals surface area contributed by atoms with Crippen molar-refractivity contribution in [1.82, 2.24) is 0 Å². The molecule has 0 spiro atoms. The van der Waals surface area contributed by atoms with Crippen molar-refractivity contribution in [1.29, 1.82) is 0 Å². The summed E-state index contributed by atoms with van der Waals surface area (Å²) in [5.41, 5.74) is 8.24. The topological polar surface area (TPSA) is 77.8 Å². The average Bonchev–Trinajstić information content (AvgIpc) is 2.56. The van der Waals surface area contributed by atoms with Crippen LogP contribution in [0.1, 0.15) is 5.56 Å². The van der Waals surface area contributed by atoms with Gasteiger partial charge in [-0.15, -0.1) is 0 Å². The first-order valence-corrected chi connectivity index (χ1v) is 6.68. The van der Waals surface area contributed by atoms with E-state index in [9.17, 15) is 4.79 Å². The van der Waals surface area contributed by atoms with Crippen molar-refractivity contribution >= 4 is 16.8 Å². The summed E-state index contributed by atoms with van der Waals surface area (Å²) in [6, 6.07) is 14.3. The van der Waals surface area contributed by atoms with Crippen molar-refractivity contribution < 1.29 is 9.25 Å². The molecule has 3 aromatic rings. The minimum atomic E-state index is -0.0619.